The van der Waals surface area contributed by atoms with E-state index in [1.807, 2.05) is 6.26 Å². The van der Waals surface area contributed by atoms with Crippen LogP contribution in [0, 0.1) is 5.41 Å². The van der Waals surface area contributed by atoms with E-state index in [1.165, 1.54) is 69.1 Å². The van der Waals surface area contributed by atoms with E-state index in [2.05, 4.69) is 25.6 Å². The summed E-state index contributed by atoms with van der Waals surface area (Å²) in [6.07, 6.45) is 16.8. The molecule has 0 aromatic carbocycles. The molecule has 106 valence electrons. The molecular weight excluding hydrogens is 232 g/mol. The Balaban J connectivity index is 2.01. The topological polar surface area (TPSA) is 13.1 Å². The van der Waals surface area contributed by atoms with Crippen LogP contribution in [0.15, 0.2) is 29.4 Å². The summed E-state index contributed by atoms with van der Waals surface area (Å²) in [6.45, 7) is 6.36. The number of hydrogen-bond acceptors (Lipinski definition) is 1. The molecule has 0 aliphatic heterocycles. The molecule has 1 fully saturated rings. The van der Waals surface area contributed by atoms with Gasteiger partial charge in [-0.15, -0.1) is 6.58 Å². The minimum atomic E-state index is 0.301. The van der Waals surface area contributed by atoms with Crippen LogP contribution in [-0.2, 0) is 12.8 Å². The summed E-state index contributed by atoms with van der Waals surface area (Å²) in [5.41, 5.74) is 1.73. The second-order valence-electron chi connectivity index (χ2n) is 6.13. The van der Waals surface area contributed by atoms with Gasteiger partial charge in [-0.2, -0.15) is 0 Å². The third-order valence-electron chi connectivity index (χ3n) is 4.68. The summed E-state index contributed by atoms with van der Waals surface area (Å²) in [7, 11) is 0. The summed E-state index contributed by atoms with van der Waals surface area (Å²) < 4.78 is 5.78. The number of allylic oxidation sites excluding steroid dienone is 1. The highest BCUT2D eigenvalue weighted by atomic mass is 16.3. The monoisotopic (exact) mass is 260 g/mol. The molecule has 0 unspecified atom stereocenters. The second kappa shape index (κ2) is 6.98. The molecule has 0 spiro atoms. The van der Waals surface area contributed by atoms with Crippen molar-refractivity contribution in [1.82, 2.24) is 0 Å². The Bertz CT molecular complexity index is 382. The quantitative estimate of drug-likeness (QED) is 0.453. The van der Waals surface area contributed by atoms with Gasteiger partial charge in [0.1, 0.15) is 5.76 Å². The van der Waals surface area contributed by atoms with Gasteiger partial charge in [-0.25, -0.2) is 0 Å². The summed E-state index contributed by atoms with van der Waals surface area (Å²) in [5, 5.41) is 0. The smallest absolute Gasteiger partial charge is 0.107 e. The van der Waals surface area contributed by atoms with Crippen molar-refractivity contribution in [2.75, 3.05) is 0 Å². The molecule has 0 radical (unpaired) electrons. The van der Waals surface area contributed by atoms with Gasteiger partial charge in [-0.3, -0.25) is 0 Å². The molecule has 1 nitrogen and oxygen atoms in total. The van der Waals surface area contributed by atoms with Gasteiger partial charge >= 0.3 is 0 Å². The van der Waals surface area contributed by atoms with Crippen LogP contribution in [0.3, 0.4) is 0 Å². The molecule has 2 rings (SSSR count). The Morgan fingerprint density at radius 3 is 2.74 bits per heavy atom. The summed E-state index contributed by atoms with van der Waals surface area (Å²) in [5.74, 6) is 1.22. The van der Waals surface area contributed by atoms with E-state index in [9.17, 15) is 0 Å². The third-order valence-corrected chi connectivity index (χ3v) is 4.68. The Labute approximate surface area is 118 Å². The van der Waals surface area contributed by atoms with E-state index >= 15 is 0 Å². The predicted octanol–water partition coefficient (Wildman–Crippen LogP) is 5.69. The van der Waals surface area contributed by atoms with Gasteiger partial charge in [-0.05, 0) is 42.7 Å². The largest absolute Gasteiger partial charge is 0.469 e. The molecular formula is C18H28O. The number of furan rings is 1. The molecule has 1 aromatic rings. The average molecular weight is 260 g/mol. The lowest BCUT2D eigenvalue weighted by atomic mass is 9.71. The second-order valence-corrected chi connectivity index (χ2v) is 6.13. The summed E-state index contributed by atoms with van der Waals surface area (Å²) in [6, 6.07) is 2.17. The number of rotatable bonds is 7. The first-order chi connectivity index (χ1) is 9.29. The van der Waals surface area contributed by atoms with Crippen molar-refractivity contribution in [3.05, 3.63) is 36.3 Å². The van der Waals surface area contributed by atoms with Gasteiger partial charge in [0.2, 0.25) is 0 Å². The number of unbranched alkanes of at least 4 members (excludes halogenated alkanes) is 2. The van der Waals surface area contributed by atoms with Gasteiger partial charge in [0.15, 0.2) is 0 Å². The molecule has 1 aliphatic carbocycles. The van der Waals surface area contributed by atoms with Gasteiger partial charge in [0.25, 0.3) is 0 Å². The lowest BCUT2D eigenvalue weighted by Gasteiger charge is -2.34. The first kappa shape index (κ1) is 14.4. The van der Waals surface area contributed by atoms with E-state index in [0.717, 1.165) is 6.42 Å². The highest BCUT2D eigenvalue weighted by Crippen LogP contribution is 2.41. The maximum Gasteiger partial charge on any atom is 0.107 e. The average Bonchev–Trinajstić information content (AvgIpc) is 2.87. The van der Waals surface area contributed by atoms with Crippen molar-refractivity contribution < 1.29 is 4.42 Å². The number of hydrogen-bond donors (Lipinski definition) is 0. The van der Waals surface area contributed by atoms with Gasteiger partial charge in [-0.1, -0.05) is 45.1 Å². The lowest BCUT2D eigenvalue weighted by molar-refractivity contribution is 0.240. The molecule has 0 bridgehead atoms. The first-order valence-corrected chi connectivity index (χ1v) is 7.98. The van der Waals surface area contributed by atoms with E-state index in [1.54, 1.807) is 0 Å². The van der Waals surface area contributed by atoms with Crippen molar-refractivity contribution in [3.8, 4) is 0 Å². The van der Waals surface area contributed by atoms with Crippen LogP contribution < -0.4 is 0 Å². The minimum absolute atomic E-state index is 0.301. The molecule has 1 aliphatic rings. The molecule has 0 saturated heterocycles. The van der Waals surface area contributed by atoms with Crippen LogP contribution in [0.1, 0.15) is 69.6 Å². The molecule has 0 amide bonds. The van der Waals surface area contributed by atoms with Crippen molar-refractivity contribution in [3.63, 3.8) is 0 Å². The lowest BCUT2D eigenvalue weighted by Crippen LogP contribution is -2.24. The van der Waals surface area contributed by atoms with Crippen LogP contribution in [0.4, 0.5) is 0 Å². The molecule has 19 heavy (non-hydrogen) atoms. The highest BCUT2D eigenvalue weighted by molar-refractivity contribution is 5.20. The fraction of sp³-hybridized carbons (Fsp3) is 0.667. The normalized spacial score (nSPS) is 18.4. The fourth-order valence-corrected chi connectivity index (χ4v) is 3.34. The first-order valence-electron chi connectivity index (χ1n) is 7.98. The van der Waals surface area contributed by atoms with Crippen molar-refractivity contribution >= 4 is 0 Å². The Morgan fingerprint density at radius 1 is 1.26 bits per heavy atom. The Kier molecular flexibility index (Phi) is 5.30. The zero-order chi connectivity index (χ0) is 13.6. The van der Waals surface area contributed by atoms with Gasteiger partial charge in [0.05, 0.1) is 6.26 Å². The van der Waals surface area contributed by atoms with Crippen molar-refractivity contribution in [2.45, 2.75) is 71.1 Å². The predicted molar refractivity (Wildman–Crippen MR) is 81.4 cm³/mol. The van der Waals surface area contributed by atoms with Gasteiger partial charge < -0.3 is 4.42 Å². The molecule has 1 heterocycles. The maximum absolute atomic E-state index is 5.78. The Morgan fingerprint density at radius 2 is 2.05 bits per heavy atom. The van der Waals surface area contributed by atoms with E-state index < -0.39 is 0 Å². The van der Waals surface area contributed by atoms with Gasteiger partial charge in [0, 0.05) is 6.42 Å². The van der Waals surface area contributed by atoms with Crippen molar-refractivity contribution in [2.24, 2.45) is 5.41 Å². The number of aryl methyl sites for hydroxylation is 1. The summed E-state index contributed by atoms with van der Waals surface area (Å²) in [4.78, 5) is 0. The van der Waals surface area contributed by atoms with E-state index in [-0.39, 0.29) is 0 Å². The van der Waals surface area contributed by atoms with E-state index in [0.29, 0.717) is 5.41 Å². The molecule has 1 heteroatoms. The third kappa shape index (κ3) is 3.75. The SMILES string of the molecule is C=CC1(Cc2occc2CCCCC)CCCCC1. The highest BCUT2D eigenvalue weighted by Gasteiger charge is 2.30. The van der Waals surface area contributed by atoms with Crippen LogP contribution in [0.2, 0.25) is 0 Å². The molecule has 1 saturated carbocycles. The Hall–Kier alpha value is -0.980. The zero-order valence-electron chi connectivity index (χ0n) is 12.4. The van der Waals surface area contributed by atoms with E-state index in [4.69, 9.17) is 4.42 Å². The summed E-state index contributed by atoms with van der Waals surface area (Å²) >= 11 is 0. The van der Waals surface area contributed by atoms with Crippen LogP contribution in [-0.4, -0.2) is 0 Å². The molecule has 1 aromatic heterocycles. The van der Waals surface area contributed by atoms with Crippen LogP contribution >= 0.6 is 0 Å². The fourth-order valence-electron chi connectivity index (χ4n) is 3.34. The van der Waals surface area contributed by atoms with Crippen molar-refractivity contribution in [1.29, 1.82) is 0 Å². The maximum atomic E-state index is 5.78. The zero-order valence-corrected chi connectivity index (χ0v) is 12.4. The van der Waals surface area contributed by atoms with Crippen LogP contribution in [0.5, 0.6) is 0 Å². The molecule has 0 N–H and O–H groups in total. The standard InChI is InChI=1S/C18H28O/c1-3-5-7-10-16-11-14-19-17(16)15-18(4-2)12-8-6-9-13-18/h4,11,14H,2-3,5-10,12-13,15H2,1H3. The van der Waals surface area contributed by atoms with Crippen LogP contribution in [0.25, 0.3) is 0 Å². The minimum Gasteiger partial charge on any atom is -0.469 e. The molecule has 0 atom stereocenters.